The molecule has 0 fully saturated rings. The molecule has 1 heterocycles. The fourth-order valence-electron chi connectivity index (χ4n) is 3.66. The molecule has 1 aromatic heterocycles. The molecule has 0 atom stereocenters. The minimum atomic E-state index is 0.672. The fraction of sp³-hybridized carbons (Fsp3) is 0.192. The van der Waals surface area contributed by atoms with E-state index in [0.717, 1.165) is 42.9 Å². The van der Waals surface area contributed by atoms with E-state index in [9.17, 15) is 0 Å². The Morgan fingerprint density at radius 3 is 2.52 bits per heavy atom. The molecule has 0 N–H and O–H groups in total. The fourth-order valence-corrected chi connectivity index (χ4v) is 3.66. The first kappa shape index (κ1) is 19.0. The Labute approximate surface area is 172 Å². The molecule has 0 unspecified atom stereocenters. The number of ether oxygens (including phenoxy) is 1. The van der Waals surface area contributed by atoms with Gasteiger partial charge in [0.15, 0.2) is 0 Å². The number of imidazole rings is 1. The summed E-state index contributed by atoms with van der Waals surface area (Å²) in [4.78, 5) is 4.89. The first-order chi connectivity index (χ1) is 14.3. The highest BCUT2D eigenvalue weighted by Crippen LogP contribution is 2.21. The van der Waals surface area contributed by atoms with Crippen molar-refractivity contribution in [3.63, 3.8) is 0 Å². The van der Waals surface area contributed by atoms with Gasteiger partial charge in [-0.3, -0.25) is 0 Å². The summed E-state index contributed by atoms with van der Waals surface area (Å²) in [7, 11) is 0. The molecule has 4 rings (SSSR count). The average Bonchev–Trinajstić information content (AvgIpc) is 3.10. The number of aromatic nitrogens is 2. The summed E-state index contributed by atoms with van der Waals surface area (Å²) in [6.45, 7) is 5.39. The minimum absolute atomic E-state index is 0.672. The summed E-state index contributed by atoms with van der Waals surface area (Å²) in [5.74, 6) is 2.05. The molecule has 29 heavy (non-hydrogen) atoms. The molecule has 0 spiro atoms. The number of aryl methyl sites for hydroxylation is 1. The molecule has 146 valence electrons. The molecule has 0 aliphatic carbocycles. The number of rotatable bonds is 9. The summed E-state index contributed by atoms with van der Waals surface area (Å²) in [5, 5.41) is 0. The van der Waals surface area contributed by atoms with Gasteiger partial charge in [-0.05, 0) is 42.2 Å². The highest BCUT2D eigenvalue weighted by Gasteiger charge is 2.11. The van der Waals surface area contributed by atoms with E-state index < -0.39 is 0 Å². The van der Waals surface area contributed by atoms with Crippen molar-refractivity contribution in [2.24, 2.45) is 0 Å². The van der Waals surface area contributed by atoms with Crippen LogP contribution in [0.15, 0.2) is 91.5 Å². The zero-order valence-corrected chi connectivity index (χ0v) is 16.6. The molecular formula is C26H26N2O. The molecule has 0 saturated carbocycles. The first-order valence-corrected chi connectivity index (χ1v) is 10.1. The maximum Gasteiger partial charge on any atom is 0.122 e. The lowest BCUT2D eigenvalue weighted by molar-refractivity contribution is 0.299. The molecule has 0 bridgehead atoms. The van der Waals surface area contributed by atoms with Gasteiger partial charge < -0.3 is 9.30 Å². The second-order valence-electron chi connectivity index (χ2n) is 7.13. The van der Waals surface area contributed by atoms with Crippen LogP contribution in [-0.4, -0.2) is 16.2 Å². The van der Waals surface area contributed by atoms with Crippen molar-refractivity contribution in [1.29, 1.82) is 0 Å². The van der Waals surface area contributed by atoms with E-state index >= 15 is 0 Å². The highest BCUT2D eigenvalue weighted by atomic mass is 16.5. The Morgan fingerprint density at radius 1 is 0.897 bits per heavy atom. The normalized spacial score (nSPS) is 10.9. The minimum Gasteiger partial charge on any atom is -0.493 e. The van der Waals surface area contributed by atoms with Crippen LogP contribution in [0.4, 0.5) is 0 Å². The van der Waals surface area contributed by atoms with Crippen LogP contribution >= 0.6 is 0 Å². The second kappa shape index (κ2) is 9.24. The van der Waals surface area contributed by atoms with Crippen molar-refractivity contribution in [3.8, 4) is 5.75 Å². The van der Waals surface area contributed by atoms with Crippen molar-refractivity contribution >= 4 is 11.0 Å². The third-order valence-corrected chi connectivity index (χ3v) is 5.06. The molecule has 0 aliphatic rings. The number of hydrogen-bond acceptors (Lipinski definition) is 2. The summed E-state index contributed by atoms with van der Waals surface area (Å²) in [6, 6.07) is 27.1. The maximum atomic E-state index is 6.08. The monoisotopic (exact) mass is 382 g/mol. The predicted octanol–water partition coefficient (Wildman–Crippen LogP) is 5.82. The van der Waals surface area contributed by atoms with E-state index in [0.29, 0.717) is 6.61 Å². The number of para-hydroxylation sites is 3. The van der Waals surface area contributed by atoms with Crippen LogP contribution in [0.1, 0.15) is 23.4 Å². The van der Waals surface area contributed by atoms with E-state index in [1.54, 1.807) is 0 Å². The van der Waals surface area contributed by atoms with E-state index in [4.69, 9.17) is 9.72 Å². The van der Waals surface area contributed by atoms with Crippen molar-refractivity contribution in [2.45, 2.75) is 25.8 Å². The van der Waals surface area contributed by atoms with E-state index in [1.807, 2.05) is 36.4 Å². The molecule has 0 radical (unpaired) electrons. The van der Waals surface area contributed by atoms with Gasteiger partial charge in [0.1, 0.15) is 11.6 Å². The smallest absolute Gasteiger partial charge is 0.122 e. The van der Waals surface area contributed by atoms with E-state index in [2.05, 4.69) is 59.7 Å². The van der Waals surface area contributed by atoms with Gasteiger partial charge in [-0.25, -0.2) is 4.98 Å². The predicted molar refractivity (Wildman–Crippen MR) is 119 cm³/mol. The van der Waals surface area contributed by atoms with Gasteiger partial charge in [-0.15, -0.1) is 6.58 Å². The number of hydrogen-bond donors (Lipinski definition) is 0. The van der Waals surface area contributed by atoms with Gasteiger partial charge in [0.25, 0.3) is 0 Å². The third-order valence-electron chi connectivity index (χ3n) is 5.06. The van der Waals surface area contributed by atoms with Gasteiger partial charge in [-0.1, -0.05) is 66.7 Å². The summed E-state index contributed by atoms with van der Waals surface area (Å²) >= 11 is 0. The maximum absolute atomic E-state index is 6.08. The molecule has 3 heteroatoms. The van der Waals surface area contributed by atoms with Crippen LogP contribution < -0.4 is 4.74 Å². The summed E-state index contributed by atoms with van der Waals surface area (Å²) < 4.78 is 8.41. The first-order valence-electron chi connectivity index (χ1n) is 10.1. The van der Waals surface area contributed by atoms with Crippen molar-refractivity contribution in [2.75, 3.05) is 6.61 Å². The zero-order valence-electron chi connectivity index (χ0n) is 16.6. The van der Waals surface area contributed by atoms with Crippen LogP contribution in [0.3, 0.4) is 0 Å². The average molecular weight is 383 g/mol. The van der Waals surface area contributed by atoms with Gasteiger partial charge >= 0.3 is 0 Å². The molecule has 0 aliphatic heterocycles. The van der Waals surface area contributed by atoms with Crippen LogP contribution in [0.25, 0.3) is 11.0 Å². The van der Waals surface area contributed by atoms with Gasteiger partial charge in [0.05, 0.1) is 17.6 Å². The number of fused-ring (bicyclic) bond motifs is 1. The molecule has 3 aromatic carbocycles. The second-order valence-corrected chi connectivity index (χ2v) is 7.13. The standard InChI is InChI=1S/C26H26N2O/c1-2-11-22-14-6-9-17-25(22)29-19-10-18-28-24-16-8-7-15-23(24)27-26(28)20-21-12-4-3-5-13-21/h2-9,12-17H,1,10-11,18-20H2. The summed E-state index contributed by atoms with van der Waals surface area (Å²) in [5.41, 5.74) is 4.69. The summed E-state index contributed by atoms with van der Waals surface area (Å²) in [6.07, 6.45) is 4.49. The molecule has 0 saturated heterocycles. The lowest BCUT2D eigenvalue weighted by Gasteiger charge is -2.12. The van der Waals surface area contributed by atoms with E-state index in [1.165, 1.54) is 16.6 Å². The van der Waals surface area contributed by atoms with Gasteiger partial charge in [-0.2, -0.15) is 0 Å². The van der Waals surface area contributed by atoms with Crippen LogP contribution in [0, 0.1) is 0 Å². The Bertz CT molecular complexity index is 1080. The topological polar surface area (TPSA) is 27.1 Å². The van der Waals surface area contributed by atoms with Crippen LogP contribution in [0.2, 0.25) is 0 Å². The molecule has 0 amide bonds. The van der Waals surface area contributed by atoms with E-state index in [-0.39, 0.29) is 0 Å². The quantitative estimate of drug-likeness (QED) is 0.269. The van der Waals surface area contributed by atoms with Gasteiger partial charge in [0.2, 0.25) is 0 Å². The number of allylic oxidation sites excluding steroid dienone is 1. The largest absolute Gasteiger partial charge is 0.493 e. The SMILES string of the molecule is C=CCc1ccccc1OCCCn1c(Cc2ccccc2)nc2ccccc21. The van der Waals surface area contributed by atoms with Crippen molar-refractivity contribution in [3.05, 3.63) is 108 Å². The Hall–Kier alpha value is -3.33. The van der Waals surface area contributed by atoms with Crippen molar-refractivity contribution in [1.82, 2.24) is 9.55 Å². The lowest BCUT2D eigenvalue weighted by atomic mass is 10.1. The Kier molecular flexibility index (Phi) is 6.06. The van der Waals surface area contributed by atoms with Gasteiger partial charge in [0, 0.05) is 13.0 Å². The lowest BCUT2D eigenvalue weighted by Crippen LogP contribution is -2.09. The molecule has 4 aromatic rings. The highest BCUT2D eigenvalue weighted by molar-refractivity contribution is 5.76. The molecular weight excluding hydrogens is 356 g/mol. The number of nitrogens with zero attached hydrogens (tertiary/aromatic N) is 2. The Morgan fingerprint density at radius 2 is 1.66 bits per heavy atom. The Balaban J connectivity index is 1.47. The van der Waals surface area contributed by atoms with Crippen LogP contribution in [-0.2, 0) is 19.4 Å². The zero-order chi connectivity index (χ0) is 19.9. The molecule has 3 nitrogen and oxygen atoms in total. The third kappa shape index (κ3) is 4.57. The van der Waals surface area contributed by atoms with Crippen molar-refractivity contribution < 1.29 is 4.74 Å². The van der Waals surface area contributed by atoms with Crippen LogP contribution in [0.5, 0.6) is 5.75 Å². The number of benzene rings is 3.